The molecular weight excluding hydrogens is 297 g/mol. The molecule has 0 spiro atoms. The number of nitrogens with zero attached hydrogens (tertiary/aromatic N) is 1. The van der Waals surface area contributed by atoms with Crippen molar-refractivity contribution in [3.63, 3.8) is 0 Å². The molecule has 0 aromatic heterocycles. The third-order valence-electron chi connectivity index (χ3n) is 4.05. The van der Waals surface area contributed by atoms with Gasteiger partial charge in [-0.05, 0) is 49.8 Å². The molecule has 0 unspecified atom stereocenters. The fourth-order valence-corrected chi connectivity index (χ4v) is 2.76. The SMILES string of the molecule is NC(=S)c1cc(N(CC2CC2)C2CC2)ccc1C(F)(F)F. The molecule has 2 N–H and O–H groups in total. The molecular formula is C15H17F3N2S. The molecule has 0 bridgehead atoms. The van der Waals surface area contributed by atoms with E-state index in [2.05, 4.69) is 4.90 Å². The molecule has 1 aromatic rings. The minimum Gasteiger partial charge on any atom is -0.389 e. The summed E-state index contributed by atoms with van der Waals surface area (Å²) in [6.45, 7) is 0.923. The number of hydrogen-bond donors (Lipinski definition) is 1. The fraction of sp³-hybridized carbons (Fsp3) is 0.533. The van der Waals surface area contributed by atoms with Crippen molar-refractivity contribution in [3.8, 4) is 0 Å². The quantitative estimate of drug-likeness (QED) is 0.840. The summed E-state index contributed by atoms with van der Waals surface area (Å²) in [6.07, 6.45) is 0.211. The van der Waals surface area contributed by atoms with Crippen LogP contribution in [0.4, 0.5) is 18.9 Å². The van der Waals surface area contributed by atoms with Crippen LogP contribution in [0, 0.1) is 5.92 Å². The number of halogens is 3. The third kappa shape index (κ3) is 3.31. The molecule has 114 valence electrons. The molecule has 0 heterocycles. The maximum Gasteiger partial charge on any atom is 0.417 e. The van der Waals surface area contributed by atoms with Gasteiger partial charge in [0.2, 0.25) is 0 Å². The number of benzene rings is 1. The molecule has 0 atom stereocenters. The smallest absolute Gasteiger partial charge is 0.389 e. The van der Waals surface area contributed by atoms with Crippen LogP contribution in [0.15, 0.2) is 18.2 Å². The van der Waals surface area contributed by atoms with E-state index in [1.807, 2.05) is 0 Å². The minimum atomic E-state index is -4.43. The van der Waals surface area contributed by atoms with Crippen molar-refractivity contribution >= 4 is 22.9 Å². The van der Waals surface area contributed by atoms with Crippen LogP contribution >= 0.6 is 12.2 Å². The molecule has 21 heavy (non-hydrogen) atoms. The summed E-state index contributed by atoms with van der Waals surface area (Å²) < 4.78 is 39.0. The summed E-state index contributed by atoms with van der Waals surface area (Å²) in [7, 11) is 0. The van der Waals surface area contributed by atoms with Gasteiger partial charge in [-0.3, -0.25) is 0 Å². The number of anilines is 1. The first kappa shape index (κ1) is 14.6. The second-order valence-electron chi connectivity index (χ2n) is 5.92. The number of thiocarbonyl (C=S) groups is 1. The van der Waals surface area contributed by atoms with Gasteiger partial charge in [0.25, 0.3) is 0 Å². The lowest BCUT2D eigenvalue weighted by Crippen LogP contribution is -2.29. The molecule has 3 rings (SSSR count). The Morgan fingerprint density at radius 1 is 1.24 bits per heavy atom. The lowest BCUT2D eigenvalue weighted by molar-refractivity contribution is -0.137. The summed E-state index contributed by atoms with van der Waals surface area (Å²) in [4.78, 5) is 2.02. The molecule has 6 heteroatoms. The van der Waals surface area contributed by atoms with E-state index in [0.717, 1.165) is 31.1 Å². The Morgan fingerprint density at radius 2 is 1.90 bits per heavy atom. The van der Waals surface area contributed by atoms with E-state index in [-0.39, 0.29) is 10.6 Å². The lowest BCUT2D eigenvalue weighted by atomic mass is 10.1. The molecule has 0 amide bonds. The van der Waals surface area contributed by atoms with Crippen LogP contribution in [0.1, 0.15) is 36.8 Å². The van der Waals surface area contributed by atoms with Gasteiger partial charge in [-0.2, -0.15) is 13.2 Å². The molecule has 0 aliphatic heterocycles. The normalized spacial score (nSPS) is 18.6. The summed E-state index contributed by atoms with van der Waals surface area (Å²) >= 11 is 4.81. The Balaban J connectivity index is 1.94. The van der Waals surface area contributed by atoms with Crippen LogP contribution in [0.25, 0.3) is 0 Å². The zero-order valence-corrected chi connectivity index (χ0v) is 12.3. The first-order chi connectivity index (χ1) is 9.86. The Labute approximate surface area is 127 Å². The van der Waals surface area contributed by atoms with E-state index < -0.39 is 11.7 Å². The molecule has 0 saturated heterocycles. The van der Waals surface area contributed by atoms with Crippen molar-refractivity contribution in [2.24, 2.45) is 11.7 Å². The highest BCUT2D eigenvalue weighted by Crippen LogP contribution is 2.40. The van der Waals surface area contributed by atoms with Crippen LogP contribution in [0.2, 0.25) is 0 Å². The largest absolute Gasteiger partial charge is 0.417 e. The average Bonchev–Trinajstić information content (AvgIpc) is 3.25. The van der Waals surface area contributed by atoms with Gasteiger partial charge in [-0.1, -0.05) is 12.2 Å². The first-order valence-electron chi connectivity index (χ1n) is 7.14. The fourth-order valence-electron chi connectivity index (χ4n) is 2.59. The van der Waals surface area contributed by atoms with Crippen molar-refractivity contribution in [1.82, 2.24) is 0 Å². The van der Waals surface area contributed by atoms with Crippen LogP contribution in [0.3, 0.4) is 0 Å². The van der Waals surface area contributed by atoms with Crippen molar-refractivity contribution in [2.75, 3.05) is 11.4 Å². The number of rotatable bonds is 5. The number of nitrogens with two attached hydrogens (primary N) is 1. The maximum absolute atomic E-state index is 13.0. The summed E-state index contributed by atoms with van der Waals surface area (Å²) in [5.74, 6) is 0.682. The van der Waals surface area contributed by atoms with Gasteiger partial charge in [0.05, 0.1) is 5.56 Å². The second kappa shape index (κ2) is 5.16. The van der Waals surface area contributed by atoms with Crippen LogP contribution in [0.5, 0.6) is 0 Å². The third-order valence-corrected chi connectivity index (χ3v) is 4.27. The van der Waals surface area contributed by atoms with E-state index in [1.165, 1.54) is 18.9 Å². The summed E-state index contributed by atoms with van der Waals surface area (Å²) in [5.41, 5.74) is 5.48. The summed E-state index contributed by atoms with van der Waals surface area (Å²) in [6, 6.07) is 4.62. The Morgan fingerprint density at radius 3 is 2.38 bits per heavy atom. The molecule has 2 aliphatic rings. The van der Waals surface area contributed by atoms with Crippen LogP contribution < -0.4 is 10.6 Å². The van der Waals surface area contributed by atoms with Crippen molar-refractivity contribution in [3.05, 3.63) is 29.3 Å². The second-order valence-corrected chi connectivity index (χ2v) is 6.36. The van der Waals surface area contributed by atoms with E-state index >= 15 is 0 Å². The molecule has 2 saturated carbocycles. The summed E-state index contributed by atoms with van der Waals surface area (Å²) in [5, 5.41) is 0. The van der Waals surface area contributed by atoms with E-state index in [4.69, 9.17) is 18.0 Å². The van der Waals surface area contributed by atoms with Gasteiger partial charge in [-0.25, -0.2) is 0 Å². The van der Waals surface area contributed by atoms with Gasteiger partial charge in [-0.15, -0.1) is 0 Å². The van der Waals surface area contributed by atoms with E-state index in [9.17, 15) is 13.2 Å². The highest BCUT2D eigenvalue weighted by molar-refractivity contribution is 7.80. The Bertz CT molecular complexity index is 563. The first-order valence-corrected chi connectivity index (χ1v) is 7.55. The van der Waals surface area contributed by atoms with Gasteiger partial charge in [0.15, 0.2) is 0 Å². The standard InChI is InChI=1S/C15H17F3N2S/c16-15(17,18)13-6-5-11(7-12(13)14(19)21)20(10-3-4-10)8-9-1-2-9/h5-7,9-10H,1-4,8H2,(H2,19,21). The molecule has 2 fully saturated rings. The highest BCUT2D eigenvalue weighted by Gasteiger charge is 2.37. The topological polar surface area (TPSA) is 29.3 Å². The minimum absolute atomic E-state index is 0.0727. The zero-order chi connectivity index (χ0) is 15.2. The predicted octanol–water partition coefficient (Wildman–Crippen LogP) is 3.72. The van der Waals surface area contributed by atoms with Gasteiger partial charge in [0.1, 0.15) is 4.99 Å². The molecule has 2 nitrogen and oxygen atoms in total. The number of hydrogen-bond acceptors (Lipinski definition) is 2. The van der Waals surface area contributed by atoms with Crippen LogP contribution in [-0.4, -0.2) is 17.6 Å². The van der Waals surface area contributed by atoms with Gasteiger partial charge in [0, 0.05) is 23.8 Å². The number of alkyl halides is 3. The average molecular weight is 314 g/mol. The zero-order valence-electron chi connectivity index (χ0n) is 11.5. The van der Waals surface area contributed by atoms with Crippen molar-refractivity contribution in [1.29, 1.82) is 0 Å². The van der Waals surface area contributed by atoms with Gasteiger partial charge < -0.3 is 10.6 Å². The molecule has 1 aromatic carbocycles. The van der Waals surface area contributed by atoms with E-state index in [1.54, 1.807) is 6.07 Å². The molecule has 0 radical (unpaired) electrons. The molecule has 2 aliphatic carbocycles. The predicted molar refractivity (Wildman–Crippen MR) is 80.4 cm³/mol. The monoisotopic (exact) mass is 314 g/mol. The lowest BCUT2D eigenvalue weighted by Gasteiger charge is -2.26. The van der Waals surface area contributed by atoms with Crippen molar-refractivity contribution in [2.45, 2.75) is 37.9 Å². The Kier molecular flexibility index (Phi) is 3.59. The van der Waals surface area contributed by atoms with Crippen LogP contribution in [-0.2, 0) is 6.18 Å². The van der Waals surface area contributed by atoms with Gasteiger partial charge >= 0.3 is 6.18 Å². The van der Waals surface area contributed by atoms with Crippen molar-refractivity contribution < 1.29 is 13.2 Å². The highest BCUT2D eigenvalue weighted by atomic mass is 32.1. The maximum atomic E-state index is 13.0. The van der Waals surface area contributed by atoms with E-state index in [0.29, 0.717) is 12.0 Å². The Hall–Kier alpha value is -1.30.